The van der Waals surface area contributed by atoms with E-state index in [1.807, 2.05) is 6.08 Å². The lowest BCUT2D eigenvalue weighted by molar-refractivity contribution is -0.134. The summed E-state index contributed by atoms with van der Waals surface area (Å²) in [6, 6.07) is 0. The molecule has 2 fully saturated rings. The number of carbonyl (C=O) groups is 2. The van der Waals surface area contributed by atoms with Crippen molar-refractivity contribution in [3.05, 3.63) is 35.5 Å². The highest BCUT2D eigenvalue weighted by atomic mass is 16.1. The van der Waals surface area contributed by atoms with E-state index in [9.17, 15) is 9.59 Å². The summed E-state index contributed by atoms with van der Waals surface area (Å²) in [7, 11) is 0. The lowest BCUT2D eigenvalue weighted by Crippen LogP contribution is -2.49. The standard InChI is InChI=1S/C23H30O2/c1-5-15-13-23(4)20(10-11-22(23,3)14(2)24)19-8-6-16-12-17(25)7-9-18(16)21(15)19/h5,12,15,19-20H,1,6-11,13H2,2-4H3/t15-,19?,20?,22+,23-/m0/s1. The van der Waals surface area contributed by atoms with Crippen molar-refractivity contribution in [3.8, 4) is 0 Å². The topological polar surface area (TPSA) is 34.1 Å². The highest BCUT2D eigenvalue weighted by Crippen LogP contribution is 2.68. The molecule has 5 atom stereocenters. The maximum absolute atomic E-state index is 12.6. The second-order valence-corrected chi connectivity index (χ2v) is 9.21. The molecule has 4 rings (SSSR count). The molecule has 0 amide bonds. The summed E-state index contributed by atoms with van der Waals surface area (Å²) in [6.07, 6.45) is 11.0. The van der Waals surface area contributed by atoms with E-state index in [4.69, 9.17) is 0 Å². The molecular formula is C23H30O2. The lowest BCUT2D eigenvalue weighted by atomic mass is 9.49. The second kappa shape index (κ2) is 5.53. The van der Waals surface area contributed by atoms with E-state index < -0.39 is 0 Å². The minimum Gasteiger partial charge on any atom is -0.299 e. The zero-order valence-corrected chi connectivity index (χ0v) is 15.9. The molecule has 0 spiro atoms. The first-order valence-corrected chi connectivity index (χ1v) is 9.92. The Hall–Kier alpha value is -1.44. The van der Waals surface area contributed by atoms with Crippen LogP contribution in [0.1, 0.15) is 65.7 Å². The van der Waals surface area contributed by atoms with Crippen LogP contribution in [0, 0.1) is 28.6 Å². The van der Waals surface area contributed by atoms with Crippen LogP contribution in [0.5, 0.6) is 0 Å². The van der Waals surface area contributed by atoms with Gasteiger partial charge in [-0.2, -0.15) is 0 Å². The number of ketones is 2. The fraction of sp³-hybridized carbons (Fsp3) is 0.652. The predicted molar refractivity (Wildman–Crippen MR) is 100.0 cm³/mol. The van der Waals surface area contributed by atoms with Gasteiger partial charge < -0.3 is 0 Å². The first kappa shape index (κ1) is 17.0. The molecule has 2 heteroatoms. The van der Waals surface area contributed by atoms with E-state index in [0.29, 0.717) is 35.7 Å². The van der Waals surface area contributed by atoms with Crippen molar-refractivity contribution in [2.45, 2.75) is 65.7 Å². The van der Waals surface area contributed by atoms with Gasteiger partial charge in [-0.1, -0.05) is 25.5 Å². The smallest absolute Gasteiger partial charge is 0.156 e. The van der Waals surface area contributed by atoms with Gasteiger partial charge in [-0.3, -0.25) is 9.59 Å². The summed E-state index contributed by atoms with van der Waals surface area (Å²) in [5.41, 5.74) is 4.21. The Bertz CT molecular complexity index is 724. The number of hydrogen-bond acceptors (Lipinski definition) is 2. The summed E-state index contributed by atoms with van der Waals surface area (Å²) in [5.74, 6) is 2.17. The Balaban J connectivity index is 1.84. The predicted octanol–water partition coefficient (Wildman–Crippen LogP) is 5.20. The summed E-state index contributed by atoms with van der Waals surface area (Å²) >= 11 is 0. The second-order valence-electron chi connectivity index (χ2n) is 9.21. The highest BCUT2D eigenvalue weighted by molar-refractivity contribution is 5.93. The largest absolute Gasteiger partial charge is 0.299 e. The van der Waals surface area contributed by atoms with E-state index in [1.165, 1.54) is 11.1 Å². The average Bonchev–Trinajstić information content (AvgIpc) is 2.86. The molecule has 4 aliphatic rings. The molecular weight excluding hydrogens is 308 g/mol. The molecule has 0 N–H and O–H groups in total. The van der Waals surface area contributed by atoms with Crippen LogP contribution >= 0.6 is 0 Å². The highest BCUT2D eigenvalue weighted by Gasteiger charge is 2.62. The number of allylic oxidation sites excluding steroid dienone is 5. The molecule has 0 aromatic heterocycles. The van der Waals surface area contributed by atoms with Crippen molar-refractivity contribution in [2.75, 3.05) is 0 Å². The minimum absolute atomic E-state index is 0.0676. The van der Waals surface area contributed by atoms with Gasteiger partial charge in [-0.05, 0) is 85.8 Å². The molecule has 0 radical (unpaired) electrons. The summed E-state index contributed by atoms with van der Waals surface area (Å²) in [5, 5.41) is 0. The molecule has 2 nitrogen and oxygen atoms in total. The Labute approximate surface area is 151 Å². The molecule has 0 aromatic rings. The van der Waals surface area contributed by atoms with Crippen molar-refractivity contribution < 1.29 is 9.59 Å². The van der Waals surface area contributed by atoms with Crippen LogP contribution in [-0.4, -0.2) is 11.6 Å². The van der Waals surface area contributed by atoms with Gasteiger partial charge in [0.1, 0.15) is 5.78 Å². The maximum atomic E-state index is 12.6. The Kier molecular flexibility index (Phi) is 3.76. The van der Waals surface area contributed by atoms with Gasteiger partial charge in [0.2, 0.25) is 0 Å². The minimum atomic E-state index is -0.201. The summed E-state index contributed by atoms with van der Waals surface area (Å²) in [4.78, 5) is 24.4. The monoisotopic (exact) mass is 338 g/mol. The maximum Gasteiger partial charge on any atom is 0.156 e. The van der Waals surface area contributed by atoms with Gasteiger partial charge in [0, 0.05) is 11.8 Å². The number of hydrogen-bond donors (Lipinski definition) is 0. The van der Waals surface area contributed by atoms with Crippen molar-refractivity contribution in [1.82, 2.24) is 0 Å². The molecule has 25 heavy (non-hydrogen) atoms. The van der Waals surface area contributed by atoms with Gasteiger partial charge in [-0.15, -0.1) is 6.58 Å². The van der Waals surface area contributed by atoms with Gasteiger partial charge >= 0.3 is 0 Å². The van der Waals surface area contributed by atoms with Crippen LogP contribution in [0.15, 0.2) is 35.5 Å². The van der Waals surface area contributed by atoms with Crippen molar-refractivity contribution in [2.24, 2.45) is 28.6 Å². The SMILES string of the molecule is C=C[C@H]1C[C@@]2(C)C(CC[C@]2(C)C(C)=O)C2CCC3=CC(=O)CCC3=C21. The number of carbonyl (C=O) groups excluding carboxylic acids is 2. The fourth-order valence-electron chi connectivity index (χ4n) is 6.76. The summed E-state index contributed by atoms with van der Waals surface area (Å²) < 4.78 is 0. The van der Waals surface area contributed by atoms with Crippen molar-refractivity contribution in [3.63, 3.8) is 0 Å². The van der Waals surface area contributed by atoms with Crippen molar-refractivity contribution >= 4 is 11.6 Å². The third-order valence-electron chi connectivity index (χ3n) is 8.44. The van der Waals surface area contributed by atoms with Crippen LogP contribution in [0.3, 0.4) is 0 Å². The first-order chi connectivity index (χ1) is 11.8. The van der Waals surface area contributed by atoms with Gasteiger partial charge in [0.25, 0.3) is 0 Å². The van der Waals surface area contributed by atoms with Crippen molar-refractivity contribution in [1.29, 1.82) is 0 Å². The number of Topliss-reactive ketones (excluding diaryl/α,β-unsaturated/α-hetero) is 1. The molecule has 134 valence electrons. The van der Waals surface area contributed by atoms with Crippen LogP contribution in [0.2, 0.25) is 0 Å². The third-order valence-corrected chi connectivity index (χ3v) is 8.44. The Morgan fingerprint density at radius 3 is 2.68 bits per heavy atom. The zero-order valence-electron chi connectivity index (χ0n) is 15.9. The molecule has 4 aliphatic carbocycles. The van der Waals surface area contributed by atoms with E-state index in [1.54, 1.807) is 12.5 Å². The molecule has 2 saturated carbocycles. The van der Waals surface area contributed by atoms with Crippen LogP contribution in [0.25, 0.3) is 0 Å². The van der Waals surface area contributed by atoms with E-state index in [2.05, 4.69) is 26.5 Å². The molecule has 0 bridgehead atoms. The van der Waals surface area contributed by atoms with E-state index >= 15 is 0 Å². The molecule has 0 aliphatic heterocycles. The summed E-state index contributed by atoms with van der Waals surface area (Å²) in [6.45, 7) is 10.5. The number of rotatable bonds is 2. The van der Waals surface area contributed by atoms with E-state index in [0.717, 1.165) is 38.5 Å². The van der Waals surface area contributed by atoms with Gasteiger partial charge in [0.15, 0.2) is 5.78 Å². The molecule has 2 unspecified atom stereocenters. The average molecular weight is 338 g/mol. The van der Waals surface area contributed by atoms with Crippen LogP contribution in [-0.2, 0) is 9.59 Å². The van der Waals surface area contributed by atoms with Gasteiger partial charge in [-0.25, -0.2) is 0 Å². The van der Waals surface area contributed by atoms with Gasteiger partial charge in [0.05, 0.1) is 0 Å². The zero-order chi connectivity index (χ0) is 18.0. The van der Waals surface area contributed by atoms with Crippen LogP contribution < -0.4 is 0 Å². The van der Waals surface area contributed by atoms with Crippen LogP contribution in [0.4, 0.5) is 0 Å². The quantitative estimate of drug-likeness (QED) is 0.649. The fourth-order valence-corrected chi connectivity index (χ4v) is 6.76. The first-order valence-electron chi connectivity index (χ1n) is 9.92. The molecule has 0 heterocycles. The molecule has 0 saturated heterocycles. The molecule has 0 aromatic carbocycles. The normalized spacial score (nSPS) is 43.1. The Morgan fingerprint density at radius 2 is 2.00 bits per heavy atom. The number of fused-ring (bicyclic) bond motifs is 4. The van der Waals surface area contributed by atoms with E-state index in [-0.39, 0.29) is 10.8 Å². The Morgan fingerprint density at radius 1 is 1.24 bits per heavy atom. The third kappa shape index (κ3) is 2.15. The lowest BCUT2D eigenvalue weighted by Gasteiger charge is -2.54.